The number of nitrogens with one attached hydrogen (secondary N) is 1. The summed E-state index contributed by atoms with van der Waals surface area (Å²) in [7, 11) is -3.65. The van der Waals surface area contributed by atoms with Crippen molar-refractivity contribution in [2.24, 2.45) is 5.92 Å². The second-order valence-electron chi connectivity index (χ2n) is 5.73. The van der Waals surface area contributed by atoms with E-state index in [2.05, 4.69) is 4.72 Å². The minimum atomic E-state index is -3.65. The number of carbonyl (C=O) groups is 1. The summed E-state index contributed by atoms with van der Waals surface area (Å²) in [6.45, 7) is 5.53. The van der Waals surface area contributed by atoms with Crippen LogP contribution >= 0.6 is 0 Å². The molecule has 1 rings (SSSR count). The SMILES string of the molecule is CC(C)CC(NS(=O)(=O)CC(C)c1ccccc1)C(=O)O. The van der Waals surface area contributed by atoms with Crippen molar-refractivity contribution in [3.05, 3.63) is 35.9 Å². The van der Waals surface area contributed by atoms with Gasteiger partial charge in [0.25, 0.3) is 0 Å². The smallest absolute Gasteiger partial charge is 0.321 e. The molecule has 2 unspecified atom stereocenters. The Kier molecular flexibility index (Phi) is 6.36. The van der Waals surface area contributed by atoms with Gasteiger partial charge in [0.15, 0.2) is 0 Å². The highest BCUT2D eigenvalue weighted by atomic mass is 32.2. The summed E-state index contributed by atoms with van der Waals surface area (Å²) in [5.41, 5.74) is 0.915. The average Bonchev–Trinajstić information content (AvgIpc) is 2.37. The normalized spacial score (nSPS) is 14.9. The van der Waals surface area contributed by atoms with E-state index in [4.69, 9.17) is 5.11 Å². The third-order valence-electron chi connectivity index (χ3n) is 3.17. The molecule has 0 amide bonds. The Morgan fingerprint density at radius 2 is 1.76 bits per heavy atom. The van der Waals surface area contributed by atoms with Crippen LogP contribution in [0.5, 0.6) is 0 Å². The van der Waals surface area contributed by atoms with Crippen molar-refractivity contribution in [2.75, 3.05) is 5.75 Å². The van der Waals surface area contributed by atoms with Gasteiger partial charge in [-0.15, -0.1) is 0 Å². The molecule has 6 heteroatoms. The van der Waals surface area contributed by atoms with Crippen LogP contribution in [0.1, 0.15) is 38.7 Å². The molecular weight excluding hydrogens is 290 g/mol. The van der Waals surface area contributed by atoms with Crippen molar-refractivity contribution in [2.45, 2.75) is 39.2 Å². The van der Waals surface area contributed by atoms with Crippen LogP contribution < -0.4 is 4.72 Å². The number of sulfonamides is 1. The van der Waals surface area contributed by atoms with Gasteiger partial charge in [0.05, 0.1) is 5.75 Å². The first-order valence-electron chi connectivity index (χ1n) is 6.99. The first-order valence-corrected chi connectivity index (χ1v) is 8.64. The topological polar surface area (TPSA) is 83.5 Å². The number of hydrogen-bond acceptors (Lipinski definition) is 3. The van der Waals surface area contributed by atoms with Gasteiger partial charge in [-0.2, -0.15) is 0 Å². The zero-order valence-corrected chi connectivity index (χ0v) is 13.4. The van der Waals surface area contributed by atoms with E-state index in [9.17, 15) is 13.2 Å². The highest BCUT2D eigenvalue weighted by Crippen LogP contribution is 2.17. The summed E-state index contributed by atoms with van der Waals surface area (Å²) in [4.78, 5) is 11.1. The van der Waals surface area contributed by atoms with Gasteiger partial charge >= 0.3 is 5.97 Å². The Morgan fingerprint density at radius 1 is 1.19 bits per heavy atom. The molecule has 0 saturated carbocycles. The minimum Gasteiger partial charge on any atom is -0.480 e. The van der Waals surface area contributed by atoms with Crippen molar-refractivity contribution in [3.63, 3.8) is 0 Å². The molecule has 2 atom stereocenters. The summed E-state index contributed by atoms with van der Waals surface area (Å²) >= 11 is 0. The van der Waals surface area contributed by atoms with Crippen LogP contribution in [0, 0.1) is 5.92 Å². The molecule has 1 aromatic rings. The first-order chi connectivity index (χ1) is 9.71. The van der Waals surface area contributed by atoms with Crippen molar-refractivity contribution < 1.29 is 18.3 Å². The van der Waals surface area contributed by atoms with Crippen LogP contribution in [0.15, 0.2) is 30.3 Å². The van der Waals surface area contributed by atoms with Crippen molar-refractivity contribution in [3.8, 4) is 0 Å². The van der Waals surface area contributed by atoms with Gasteiger partial charge in [-0.05, 0) is 23.8 Å². The molecule has 0 fully saturated rings. The Balaban J connectivity index is 2.74. The maximum absolute atomic E-state index is 12.1. The quantitative estimate of drug-likeness (QED) is 0.771. The third kappa shape index (κ3) is 6.27. The van der Waals surface area contributed by atoms with E-state index in [0.29, 0.717) is 0 Å². The van der Waals surface area contributed by atoms with Gasteiger partial charge in [0.2, 0.25) is 10.0 Å². The van der Waals surface area contributed by atoms with E-state index in [-0.39, 0.29) is 24.0 Å². The number of hydrogen-bond donors (Lipinski definition) is 2. The van der Waals surface area contributed by atoms with E-state index in [1.807, 2.05) is 51.1 Å². The summed E-state index contributed by atoms with van der Waals surface area (Å²) in [6.07, 6.45) is 0.272. The van der Waals surface area contributed by atoms with E-state index in [1.165, 1.54) is 0 Å². The fourth-order valence-electron chi connectivity index (χ4n) is 2.14. The van der Waals surface area contributed by atoms with Gasteiger partial charge in [-0.25, -0.2) is 13.1 Å². The summed E-state index contributed by atoms with van der Waals surface area (Å²) in [6, 6.07) is 8.23. The molecule has 5 nitrogen and oxygen atoms in total. The number of rotatable bonds is 8. The third-order valence-corrected chi connectivity index (χ3v) is 4.75. The molecule has 118 valence electrons. The molecule has 0 heterocycles. The van der Waals surface area contributed by atoms with Gasteiger partial charge in [0.1, 0.15) is 6.04 Å². The van der Waals surface area contributed by atoms with Crippen LogP contribution in [0.4, 0.5) is 0 Å². The largest absolute Gasteiger partial charge is 0.480 e. The molecule has 0 bridgehead atoms. The molecule has 0 radical (unpaired) electrons. The lowest BCUT2D eigenvalue weighted by Gasteiger charge is -2.18. The van der Waals surface area contributed by atoms with Crippen molar-refractivity contribution >= 4 is 16.0 Å². The summed E-state index contributed by atoms with van der Waals surface area (Å²) in [5.74, 6) is -1.36. The average molecular weight is 313 g/mol. The van der Waals surface area contributed by atoms with E-state index >= 15 is 0 Å². The number of benzene rings is 1. The molecule has 0 aliphatic rings. The van der Waals surface area contributed by atoms with Crippen LogP contribution in [0.25, 0.3) is 0 Å². The van der Waals surface area contributed by atoms with E-state index < -0.39 is 22.0 Å². The number of aliphatic carboxylic acids is 1. The van der Waals surface area contributed by atoms with Gasteiger partial charge < -0.3 is 5.11 Å². The zero-order chi connectivity index (χ0) is 16.0. The maximum atomic E-state index is 12.1. The van der Waals surface area contributed by atoms with E-state index in [0.717, 1.165) is 5.56 Å². The Bertz CT molecular complexity index is 554. The highest BCUT2D eigenvalue weighted by Gasteiger charge is 2.26. The Labute approximate surface area is 126 Å². The highest BCUT2D eigenvalue weighted by molar-refractivity contribution is 7.89. The predicted molar refractivity (Wildman–Crippen MR) is 82.7 cm³/mol. The lowest BCUT2D eigenvalue weighted by molar-refractivity contribution is -0.139. The standard InChI is InChI=1S/C15H23NO4S/c1-11(2)9-14(15(17)18)16-21(19,20)10-12(3)13-7-5-4-6-8-13/h4-8,11-12,14,16H,9-10H2,1-3H3,(H,17,18). The Hall–Kier alpha value is -1.40. The predicted octanol–water partition coefficient (Wildman–Crippen LogP) is 2.21. The fourth-order valence-corrected chi connectivity index (χ4v) is 3.72. The summed E-state index contributed by atoms with van der Waals surface area (Å²) in [5, 5.41) is 9.11. The number of carboxylic acid groups (broad SMARTS) is 1. The molecular formula is C15H23NO4S. The van der Waals surface area contributed by atoms with Crippen LogP contribution in [0.3, 0.4) is 0 Å². The molecule has 0 saturated heterocycles. The zero-order valence-electron chi connectivity index (χ0n) is 12.6. The molecule has 0 spiro atoms. The molecule has 2 N–H and O–H groups in total. The molecule has 0 aliphatic heterocycles. The second kappa shape index (κ2) is 7.56. The summed E-state index contributed by atoms with van der Waals surface area (Å²) < 4.78 is 26.6. The van der Waals surface area contributed by atoms with Gasteiger partial charge in [0, 0.05) is 0 Å². The molecule has 0 aliphatic carbocycles. The van der Waals surface area contributed by atoms with Crippen molar-refractivity contribution in [1.29, 1.82) is 0 Å². The van der Waals surface area contributed by atoms with Crippen LogP contribution in [-0.2, 0) is 14.8 Å². The maximum Gasteiger partial charge on any atom is 0.321 e. The number of carboxylic acids is 1. The van der Waals surface area contributed by atoms with E-state index in [1.54, 1.807) is 0 Å². The molecule has 21 heavy (non-hydrogen) atoms. The van der Waals surface area contributed by atoms with Crippen molar-refractivity contribution in [1.82, 2.24) is 4.72 Å². The minimum absolute atomic E-state index is 0.0975. The second-order valence-corrected chi connectivity index (χ2v) is 7.53. The lowest BCUT2D eigenvalue weighted by atomic mass is 10.0. The lowest BCUT2D eigenvalue weighted by Crippen LogP contribution is -2.43. The molecule has 0 aromatic heterocycles. The first kappa shape index (κ1) is 17.7. The Morgan fingerprint density at radius 3 is 2.24 bits per heavy atom. The van der Waals surface area contributed by atoms with Crippen LogP contribution in [-0.4, -0.2) is 31.3 Å². The van der Waals surface area contributed by atoms with Crippen LogP contribution in [0.2, 0.25) is 0 Å². The monoisotopic (exact) mass is 313 g/mol. The fraction of sp³-hybridized carbons (Fsp3) is 0.533. The van der Waals surface area contributed by atoms with Gasteiger partial charge in [-0.1, -0.05) is 51.1 Å². The van der Waals surface area contributed by atoms with Gasteiger partial charge in [-0.3, -0.25) is 4.79 Å². The molecule has 1 aromatic carbocycles.